The van der Waals surface area contributed by atoms with Crippen molar-refractivity contribution in [2.24, 2.45) is 0 Å². The summed E-state index contributed by atoms with van der Waals surface area (Å²) in [5, 5.41) is 8.88. The fourth-order valence-corrected chi connectivity index (χ4v) is 4.68. The molecule has 1 fully saturated rings. The SMILES string of the molecule is O=C(O)Cc1cccc(S(=O)(=O)N2CCN(c3ccc(C(F)(F)F)cc3)CC2)c1. The summed E-state index contributed by atoms with van der Waals surface area (Å²) in [7, 11) is -3.79. The second-order valence-corrected chi connectivity index (χ2v) is 8.59. The number of hydrogen-bond donors (Lipinski definition) is 1. The molecule has 2 aromatic rings. The number of carboxylic acid groups (broad SMARTS) is 1. The first-order valence-electron chi connectivity index (χ1n) is 8.80. The molecule has 1 N–H and O–H groups in total. The molecule has 0 saturated carbocycles. The minimum absolute atomic E-state index is 0.0271. The molecule has 1 aliphatic rings. The Kier molecular flexibility index (Phi) is 5.85. The Balaban J connectivity index is 1.69. The lowest BCUT2D eigenvalue weighted by atomic mass is 10.2. The van der Waals surface area contributed by atoms with E-state index in [4.69, 9.17) is 5.11 Å². The van der Waals surface area contributed by atoms with Gasteiger partial charge in [-0.3, -0.25) is 4.79 Å². The summed E-state index contributed by atoms with van der Waals surface area (Å²) in [6.07, 6.45) is -4.68. The summed E-state index contributed by atoms with van der Waals surface area (Å²) in [6.45, 7) is 1.01. The van der Waals surface area contributed by atoms with E-state index < -0.39 is 27.7 Å². The lowest BCUT2D eigenvalue weighted by molar-refractivity contribution is -0.138. The zero-order chi connectivity index (χ0) is 21.2. The van der Waals surface area contributed by atoms with E-state index in [2.05, 4.69) is 0 Å². The minimum atomic E-state index is -4.40. The molecule has 1 aliphatic heterocycles. The Hall–Kier alpha value is -2.59. The van der Waals surface area contributed by atoms with Gasteiger partial charge in [-0.2, -0.15) is 17.5 Å². The maximum atomic E-state index is 12.9. The Bertz CT molecular complexity index is 983. The van der Waals surface area contributed by atoms with Crippen molar-refractivity contribution in [2.45, 2.75) is 17.5 Å². The lowest BCUT2D eigenvalue weighted by Gasteiger charge is -2.35. The van der Waals surface area contributed by atoms with Crippen LogP contribution < -0.4 is 4.90 Å². The van der Waals surface area contributed by atoms with E-state index in [0.717, 1.165) is 12.1 Å². The average molecular weight is 428 g/mol. The third-order valence-corrected chi connectivity index (χ3v) is 6.58. The predicted octanol–water partition coefficient (Wildman–Crippen LogP) is 2.84. The lowest BCUT2D eigenvalue weighted by Crippen LogP contribution is -2.48. The maximum absolute atomic E-state index is 12.9. The normalized spacial score (nSPS) is 16.0. The highest BCUT2D eigenvalue weighted by atomic mass is 32.2. The van der Waals surface area contributed by atoms with Crippen molar-refractivity contribution < 1.29 is 31.5 Å². The third kappa shape index (κ3) is 4.88. The number of aliphatic carboxylic acids is 1. The topological polar surface area (TPSA) is 77.9 Å². The summed E-state index contributed by atoms with van der Waals surface area (Å²) in [5.74, 6) is -1.05. The highest BCUT2D eigenvalue weighted by molar-refractivity contribution is 7.89. The molecular weight excluding hydrogens is 409 g/mol. The van der Waals surface area contributed by atoms with Gasteiger partial charge in [0.15, 0.2) is 0 Å². The van der Waals surface area contributed by atoms with Crippen LogP contribution in [-0.4, -0.2) is 50.0 Å². The van der Waals surface area contributed by atoms with Crippen LogP contribution in [0.5, 0.6) is 0 Å². The number of carboxylic acids is 1. The van der Waals surface area contributed by atoms with E-state index in [1.54, 1.807) is 6.07 Å². The fraction of sp³-hybridized carbons (Fsp3) is 0.316. The second kappa shape index (κ2) is 8.03. The van der Waals surface area contributed by atoms with Gasteiger partial charge in [-0.15, -0.1) is 0 Å². The van der Waals surface area contributed by atoms with Crippen LogP contribution >= 0.6 is 0 Å². The van der Waals surface area contributed by atoms with Crippen molar-refractivity contribution in [2.75, 3.05) is 31.1 Å². The number of benzene rings is 2. The van der Waals surface area contributed by atoms with Gasteiger partial charge in [-0.25, -0.2) is 8.42 Å². The van der Waals surface area contributed by atoms with Gasteiger partial charge in [0.2, 0.25) is 10.0 Å². The van der Waals surface area contributed by atoms with E-state index >= 15 is 0 Å². The zero-order valence-corrected chi connectivity index (χ0v) is 16.1. The molecule has 0 unspecified atom stereocenters. The number of sulfonamides is 1. The number of piperazine rings is 1. The van der Waals surface area contributed by atoms with E-state index in [1.807, 2.05) is 4.90 Å². The number of rotatable bonds is 5. The van der Waals surface area contributed by atoms with Gasteiger partial charge in [0, 0.05) is 31.9 Å². The minimum Gasteiger partial charge on any atom is -0.481 e. The summed E-state index contributed by atoms with van der Waals surface area (Å²) >= 11 is 0. The molecule has 0 atom stereocenters. The quantitative estimate of drug-likeness (QED) is 0.793. The van der Waals surface area contributed by atoms with Gasteiger partial charge in [0.25, 0.3) is 0 Å². The Morgan fingerprint density at radius 1 is 1.00 bits per heavy atom. The Morgan fingerprint density at radius 2 is 1.62 bits per heavy atom. The molecule has 1 saturated heterocycles. The highest BCUT2D eigenvalue weighted by Crippen LogP contribution is 2.31. The van der Waals surface area contributed by atoms with Crippen LogP contribution in [0, 0.1) is 0 Å². The van der Waals surface area contributed by atoms with Crippen LogP contribution in [0.4, 0.5) is 18.9 Å². The number of nitrogens with zero attached hydrogens (tertiary/aromatic N) is 2. The van der Waals surface area contributed by atoms with Crippen LogP contribution in [0.1, 0.15) is 11.1 Å². The third-order valence-electron chi connectivity index (χ3n) is 4.69. The fourth-order valence-electron chi connectivity index (χ4n) is 3.19. The van der Waals surface area contributed by atoms with E-state index in [1.165, 1.54) is 34.6 Å². The maximum Gasteiger partial charge on any atom is 0.416 e. The number of carbonyl (C=O) groups is 1. The van der Waals surface area contributed by atoms with Crippen LogP contribution in [0.3, 0.4) is 0 Å². The van der Waals surface area contributed by atoms with Gasteiger partial charge in [-0.1, -0.05) is 12.1 Å². The van der Waals surface area contributed by atoms with E-state index in [0.29, 0.717) is 24.3 Å². The van der Waals surface area contributed by atoms with Crippen LogP contribution in [0.2, 0.25) is 0 Å². The van der Waals surface area contributed by atoms with E-state index in [-0.39, 0.29) is 24.4 Å². The Morgan fingerprint density at radius 3 is 2.17 bits per heavy atom. The molecule has 0 radical (unpaired) electrons. The average Bonchev–Trinajstić information content (AvgIpc) is 2.67. The summed E-state index contributed by atoms with van der Waals surface area (Å²) in [4.78, 5) is 12.7. The largest absolute Gasteiger partial charge is 0.481 e. The first-order chi connectivity index (χ1) is 13.6. The van der Waals surface area contributed by atoms with Gasteiger partial charge >= 0.3 is 12.1 Å². The van der Waals surface area contributed by atoms with E-state index in [9.17, 15) is 26.4 Å². The van der Waals surface area contributed by atoms with Crippen molar-refractivity contribution in [3.8, 4) is 0 Å². The number of hydrogen-bond acceptors (Lipinski definition) is 4. The highest BCUT2D eigenvalue weighted by Gasteiger charge is 2.31. The number of alkyl halides is 3. The molecule has 0 spiro atoms. The number of halogens is 3. The summed E-state index contributed by atoms with van der Waals surface area (Å²) in [5.41, 5.74) is 0.254. The molecule has 29 heavy (non-hydrogen) atoms. The molecule has 1 heterocycles. The van der Waals surface area contributed by atoms with Gasteiger partial charge in [0.05, 0.1) is 16.9 Å². The molecule has 6 nitrogen and oxygen atoms in total. The molecule has 0 aromatic heterocycles. The molecule has 0 amide bonds. The Labute approximate surface area is 166 Å². The van der Waals surface area contributed by atoms with Gasteiger partial charge < -0.3 is 10.0 Å². The number of anilines is 1. The van der Waals surface area contributed by atoms with Crippen molar-refractivity contribution in [3.05, 3.63) is 59.7 Å². The van der Waals surface area contributed by atoms with Gasteiger partial charge in [0.1, 0.15) is 0 Å². The van der Waals surface area contributed by atoms with Crippen LogP contribution in [-0.2, 0) is 27.4 Å². The van der Waals surface area contributed by atoms with Crippen molar-refractivity contribution >= 4 is 21.7 Å². The first-order valence-corrected chi connectivity index (χ1v) is 10.2. The zero-order valence-electron chi connectivity index (χ0n) is 15.3. The molecule has 0 aliphatic carbocycles. The standard InChI is InChI=1S/C19H19F3N2O4S/c20-19(21,22)15-4-6-16(7-5-15)23-8-10-24(11-9-23)29(27,28)17-3-1-2-14(12-17)13-18(25)26/h1-7,12H,8-11,13H2,(H,25,26). The molecule has 10 heteroatoms. The molecule has 3 rings (SSSR count). The summed E-state index contributed by atoms with van der Waals surface area (Å²) in [6, 6.07) is 10.6. The van der Waals surface area contributed by atoms with Gasteiger partial charge in [-0.05, 0) is 42.0 Å². The molecule has 156 valence electrons. The molecule has 2 aromatic carbocycles. The monoisotopic (exact) mass is 428 g/mol. The summed E-state index contributed by atoms with van der Waals surface area (Å²) < 4.78 is 65.1. The molecular formula is C19H19F3N2O4S. The molecule has 0 bridgehead atoms. The first kappa shape index (κ1) is 21.1. The van der Waals surface area contributed by atoms with Crippen molar-refractivity contribution in [3.63, 3.8) is 0 Å². The smallest absolute Gasteiger partial charge is 0.416 e. The van der Waals surface area contributed by atoms with Crippen molar-refractivity contribution in [1.29, 1.82) is 0 Å². The van der Waals surface area contributed by atoms with Crippen molar-refractivity contribution in [1.82, 2.24) is 4.31 Å². The predicted molar refractivity (Wildman–Crippen MR) is 100 cm³/mol. The van der Waals surface area contributed by atoms with Crippen LogP contribution in [0.25, 0.3) is 0 Å². The van der Waals surface area contributed by atoms with Crippen LogP contribution in [0.15, 0.2) is 53.4 Å². The second-order valence-electron chi connectivity index (χ2n) is 6.65.